The zero-order valence-corrected chi connectivity index (χ0v) is 12.1. The number of benzene rings is 2. The number of thioether (sulfide) groups is 1. The molecule has 0 radical (unpaired) electrons. The summed E-state index contributed by atoms with van der Waals surface area (Å²) < 4.78 is 10.7. The van der Waals surface area contributed by atoms with Crippen LogP contribution < -0.4 is 14.8 Å². The zero-order chi connectivity index (χ0) is 13.5. The fraction of sp³-hybridized carbons (Fsp3) is 0.200. The molecule has 4 rings (SSSR count). The average Bonchev–Trinajstić information content (AvgIpc) is 3.06. The Hall–Kier alpha value is -1.52. The quantitative estimate of drug-likeness (QED) is 0.894. The molecule has 2 aliphatic heterocycles. The van der Waals surface area contributed by atoms with Gasteiger partial charge in [-0.1, -0.05) is 29.8 Å². The van der Waals surface area contributed by atoms with E-state index < -0.39 is 0 Å². The predicted molar refractivity (Wildman–Crippen MR) is 81.1 cm³/mol. The fourth-order valence-electron chi connectivity index (χ4n) is 2.50. The summed E-state index contributed by atoms with van der Waals surface area (Å²) in [5, 5.41) is 4.16. The van der Waals surface area contributed by atoms with Gasteiger partial charge in [-0.05, 0) is 11.6 Å². The number of anilines is 1. The second-order valence-electron chi connectivity index (χ2n) is 4.73. The maximum atomic E-state index is 6.31. The second kappa shape index (κ2) is 4.79. The van der Waals surface area contributed by atoms with Crippen molar-refractivity contribution in [2.45, 2.75) is 10.9 Å². The Kier molecular flexibility index (Phi) is 2.93. The molecule has 0 saturated carbocycles. The Balaban J connectivity index is 1.64. The van der Waals surface area contributed by atoms with Crippen LogP contribution in [0.5, 0.6) is 11.5 Å². The SMILES string of the molecule is Clc1cc2c(cc1NC1CSc3ccccc31)OCO2. The smallest absolute Gasteiger partial charge is 0.231 e. The first-order valence-corrected chi connectivity index (χ1v) is 7.75. The molecule has 3 nitrogen and oxygen atoms in total. The summed E-state index contributed by atoms with van der Waals surface area (Å²) in [4.78, 5) is 1.34. The van der Waals surface area contributed by atoms with Gasteiger partial charge >= 0.3 is 0 Å². The summed E-state index contributed by atoms with van der Waals surface area (Å²) in [5.74, 6) is 2.46. The first-order chi connectivity index (χ1) is 9.81. The molecule has 0 bridgehead atoms. The summed E-state index contributed by atoms with van der Waals surface area (Å²) in [6.07, 6.45) is 0. The molecule has 0 spiro atoms. The molecular formula is C15H12ClNO2S. The summed E-state index contributed by atoms with van der Waals surface area (Å²) in [6.45, 7) is 0.261. The van der Waals surface area contributed by atoms with Gasteiger partial charge in [0, 0.05) is 22.8 Å². The van der Waals surface area contributed by atoms with Crippen LogP contribution in [0, 0.1) is 0 Å². The van der Waals surface area contributed by atoms with Crippen LogP contribution in [0.4, 0.5) is 5.69 Å². The molecule has 2 aromatic carbocycles. The van der Waals surface area contributed by atoms with Crippen molar-refractivity contribution < 1.29 is 9.47 Å². The highest BCUT2D eigenvalue weighted by molar-refractivity contribution is 7.99. The van der Waals surface area contributed by atoms with E-state index in [-0.39, 0.29) is 12.8 Å². The van der Waals surface area contributed by atoms with Crippen molar-refractivity contribution in [3.8, 4) is 11.5 Å². The molecule has 0 fully saturated rings. The van der Waals surface area contributed by atoms with Gasteiger partial charge in [-0.2, -0.15) is 0 Å². The van der Waals surface area contributed by atoms with E-state index in [2.05, 4.69) is 29.6 Å². The topological polar surface area (TPSA) is 30.5 Å². The van der Waals surface area contributed by atoms with E-state index in [1.165, 1.54) is 10.5 Å². The van der Waals surface area contributed by atoms with Gasteiger partial charge in [-0.15, -0.1) is 11.8 Å². The molecule has 5 heteroatoms. The Labute approximate surface area is 126 Å². The van der Waals surface area contributed by atoms with Crippen LogP contribution >= 0.6 is 23.4 Å². The summed E-state index contributed by atoms with van der Waals surface area (Å²) >= 11 is 8.17. The minimum atomic E-state index is 0.261. The first kappa shape index (κ1) is 12.2. The van der Waals surface area contributed by atoms with Crippen molar-refractivity contribution in [3.05, 3.63) is 47.0 Å². The van der Waals surface area contributed by atoms with Crippen LogP contribution in [0.25, 0.3) is 0 Å². The van der Waals surface area contributed by atoms with Gasteiger partial charge in [0.05, 0.1) is 16.8 Å². The Bertz CT molecular complexity index is 677. The molecule has 0 amide bonds. The average molecular weight is 306 g/mol. The fourth-order valence-corrected chi connectivity index (χ4v) is 3.87. The number of rotatable bonds is 2. The van der Waals surface area contributed by atoms with Crippen molar-refractivity contribution in [1.82, 2.24) is 0 Å². The lowest BCUT2D eigenvalue weighted by atomic mass is 10.1. The van der Waals surface area contributed by atoms with Crippen LogP contribution in [0.2, 0.25) is 5.02 Å². The molecule has 0 aromatic heterocycles. The van der Waals surface area contributed by atoms with Gasteiger partial charge in [-0.3, -0.25) is 0 Å². The minimum Gasteiger partial charge on any atom is -0.454 e. The lowest BCUT2D eigenvalue weighted by Gasteiger charge is -2.16. The van der Waals surface area contributed by atoms with Crippen molar-refractivity contribution >= 4 is 29.1 Å². The molecule has 0 aliphatic carbocycles. The van der Waals surface area contributed by atoms with E-state index in [1.807, 2.05) is 17.8 Å². The van der Waals surface area contributed by atoms with Gasteiger partial charge in [0.15, 0.2) is 11.5 Å². The molecule has 1 unspecified atom stereocenters. The number of hydrogen-bond acceptors (Lipinski definition) is 4. The lowest BCUT2D eigenvalue weighted by Crippen LogP contribution is -2.10. The first-order valence-electron chi connectivity index (χ1n) is 6.39. The standard InChI is InChI=1S/C15H12ClNO2S/c16-10-5-13-14(19-8-18-13)6-11(10)17-12-7-20-15-4-2-1-3-9(12)15/h1-6,12,17H,7-8H2. The predicted octanol–water partition coefficient (Wildman–Crippen LogP) is 4.33. The molecule has 20 heavy (non-hydrogen) atoms. The highest BCUT2D eigenvalue weighted by atomic mass is 35.5. The number of nitrogens with one attached hydrogen (secondary N) is 1. The van der Waals surface area contributed by atoms with Gasteiger partial charge in [-0.25, -0.2) is 0 Å². The van der Waals surface area contributed by atoms with Crippen molar-refractivity contribution in [3.63, 3.8) is 0 Å². The minimum absolute atomic E-state index is 0.261. The van der Waals surface area contributed by atoms with Gasteiger partial charge in [0.1, 0.15) is 0 Å². The highest BCUT2D eigenvalue weighted by Gasteiger charge is 2.24. The van der Waals surface area contributed by atoms with E-state index in [9.17, 15) is 0 Å². The summed E-state index contributed by atoms with van der Waals surface area (Å²) in [5.41, 5.74) is 2.21. The molecule has 102 valence electrons. The van der Waals surface area contributed by atoms with E-state index in [4.69, 9.17) is 21.1 Å². The third-order valence-electron chi connectivity index (χ3n) is 3.49. The largest absolute Gasteiger partial charge is 0.454 e. The van der Waals surface area contributed by atoms with Crippen molar-refractivity contribution in [2.75, 3.05) is 17.9 Å². The van der Waals surface area contributed by atoms with Crippen LogP contribution in [-0.4, -0.2) is 12.5 Å². The maximum absolute atomic E-state index is 6.31. The molecule has 2 aliphatic rings. The molecule has 0 saturated heterocycles. The van der Waals surface area contributed by atoms with Gasteiger partial charge in [0.2, 0.25) is 6.79 Å². The number of hydrogen-bond donors (Lipinski definition) is 1. The number of fused-ring (bicyclic) bond motifs is 2. The van der Waals surface area contributed by atoms with Crippen molar-refractivity contribution in [2.24, 2.45) is 0 Å². The Morgan fingerprint density at radius 3 is 2.85 bits per heavy atom. The van der Waals surface area contributed by atoms with E-state index in [0.717, 1.165) is 17.2 Å². The maximum Gasteiger partial charge on any atom is 0.231 e. The lowest BCUT2D eigenvalue weighted by molar-refractivity contribution is 0.174. The summed E-state index contributed by atoms with van der Waals surface area (Å²) in [7, 11) is 0. The van der Waals surface area contributed by atoms with Gasteiger partial charge in [0.25, 0.3) is 0 Å². The molecule has 1 atom stereocenters. The number of halogens is 1. The normalized spacial score (nSPS) is 18.9. The van der Waals surface area contributed by atoms with Crippen LogP contribution in [0.15, 0.2) is 41.3 Å². The van der Waals surface area contributed by atoms with Gasteiger partial charge < -0.3 is 14.8 Å². The summed E-state index contributed by atoms with van der Waals surface area (Å²) in [6, 6.07) is 12.4. The van der Waals surface area contributed by atoms with E-state index in [0.29, 0.717) is 10.8 Å². The van der Waals surface area contributed by atoms with Crippen molar-refractivity contribution in [1.29, 1.82) is 0 Å². The Morgan fingerprint density at radius 1 is 1.15 bits per heavy atom. The van der Waals surface area contributed by atoms with E-state index in [1.54, 1.807) is 6.07 Å². The number of ether oxygens (including phenoxy) is 2. The third-order valence-corrected chi connectivity index (χ3v) is 4.99. The third kappa shape index (κ3) is 2.00. The molecule has 1 N–H and O–H groups in total. The van der Waals surface area contributed by atoms with Crippen LogP contribution in [0.3, 0.4) is 0 Å². The Morgan fingerprint density at radius 2 is 1.95 bits per heavy atom. The van der Waals surface area contributed by atoms with E-state index >= 15 is 0 Å². The van der Waals surface area contributed by atoms with Crippen LogP contribution in [-0.2, 0) is 0 Å². The highest BCUT2D eigenvalue weighted by Crippen LogP contribution is 2.43. The van der Waals surface area contributed by atoms with Crippen LogP contribution in [0.1, 0.15) is 11.6 Å². The monoisotopic (exact) mass is 305 g/mol. The zero-order valence-electron chi connectivity index (χ0n) is 10.6. The molecule has 2 aromatic rings. The molecular weight excluding hydrogens is 294 g/mol. The molecule has 2 heterocycles. The second-order valence-corrected chi connectivity index (χ2v) is 6.20.